The minimum Gasteiger partial charge on any atom is -0.379 e. The van der Waals surface area contributed by atoms with Crippen LogP contribution in [0.2, 0.25) is 0 Å². The quantitative estimate of drug-likeness (QED) is 0.728. The van der Waals surface area contributed by atoms with E-state index in [1.165, 1.54) is 6.92 Å². The Morgan fingerprint density at radius 3 is 2.10 bits per heavy atom. The van der Waals surface area contributed by atoms with Crippen LogP contribution in [0.1, 0.15) is 42.0 Å². The van der Waals surface area contributed by atoms with Gasteiger partial charge in [-0.2, -0.15) is 13.2 Å². The lowest BCUT2D eigenvalue weighted by molar-refractivity contribution is -0.267. The van der Waals surface area contributed by atoms with Crippen molar-refractivity contribution in [3.63, 3.8) is 0 Å². The molecule has 0 saturated carbocycles. The summed E-state index contributed by atoms with van der Waals surface area (Å²) in [5.41, 5.74) is -2.75. The summed E-state index contributed by atoms with van der Waals surface area (Å²) in [5.74, 6) is -0.448. The molecule has 1 aromatic rings. The maximum Gasteiger partial charge on any atom is 0.418 e. The average molecular weight is 420 g/mol. The zero-order valence-corrected chi connectivity index (χ0v) is 17.2. The van der Waals surface area contributed by atoms with Gasteiger partial charge in [0.2, 0.25) is 5.91 Å². The predicted molar refractivity (Wildman–Crippen MR) is 109 cm³/mol. The average Bonchev–Trinajstić information content (AvgIpc) is 3.10. The molecule has 1 amide bonds. The minimum absolute atomic E-state index is 0. The molecular weight excluding hydrogens is 383 g/mol. The Hall–Kier alpha value is -1.67. The summed E-state index contributed by atoms with van der Waals surface area (Å²) in [6.45, 7) is 9.45. The SMILES string of the molecule is C.CC.CC(=O)N1CC2CN[C@H]([C@@](C)(O)C(F)(F)F)[C@@H]2[C@@H](C)C1.c1ccncc1. The molecule has 2 saturated heterocycles. The standard InChI is InChI=1S/C13H21F3N2O2.C5H5N.C2H6.CH4/c1-7-5-18(8(2)19)6-9-4-17-11(10(7)9)12(3,20)13(14,15)16;1-2-4-6-5-3-1;1-2;/h7,9-11,17,20H,4-6H2,1-3H3;1-5H;1-2H3;1H4/t7-,9?,10+,11-,12+;;;/m0.../s1. The summed E-state index contributed by atoms with van der Waals surface area (Å²) < 4.78 is 39.1. The number of alkyl halides is 3. The normalized spacial score (nSPS) is 27.7. The fraction of sp³-hybridized carbons (Fsp3) is 0.714. The molecule has 1 unspecified atom stereocenters. The molecule has 2 aliphatic heterocycles. The smallest absolute Gasteiger partial charge is 0.379 e. The first-order valence-corrected chi connectivity index (χ1v) is 9.68. The topological polar surface area (TPSA) is 65.5 Å². The summed E-state index contributed by atoms with van der Waals surface area (Å²) in [5, 5.41) is 12.7. The molecule has 2 fully saturated rings. The van der Waals surface area contributed by atoms with Crippen molar-refractivity contribution in [2.24, 2.45) is 17.8 Å². The first-order chi connectivity index (χ1) is 13.1. The molecule has 168 valence electrons. The van der Waals surface area contributed by atoms with Gasteiger partial charge < -0.3 is 15.3 Å². The molecule has 0 aromatic carbocycles. The van der Waals surface area contributed by atoms with Crippen molar-refractivity contribution in [1.29, 1.82) is 0 Å². The number of carbonyl (C=O) groups excluding carboxylic acids is 1. The van der Waals surface area contributed by atoms with Crippen molar-refractivity contribution in [1.82, 2.24) is 15.2 Å². The maximum atomic E-state index is 13.0. The highest BCUT2D eigenvalue weighted by atomic mass is 19.4. The number of carbonyl (C=O) groups is 1. The van der Waals surface area contributed by atoms with Crippen molar-refractivity contribution >= 4 is 5.91 Å². The van der Waals surface area contributed by atoms with Crippen molar-refractivity contribution in [3.05, 3.63) is 30.6 Å². The highest BCUT2D eigenvalue weighted by Crippen LogP contribution is 2.44. The molecule has 0 radical (unpaired) electrons. The van der Waals surface area contributed by atoms with E-state index in [4.69, 9.17) is 0 Å². The number of aliphatic hydroxyl groups is 1. The van der Waals surface area contributed by atoms with Crippen LogP contribution in [0.4, 0.5) is 13.2 Å². The van der Waals surface area contributed by atoms with E-state index < -0.39 is 17.8 Å². The zero-order valence-electron chi connectivity index (χ0n) is 17.2. The summed E-state index contributed by atoms with van der Waals surface area (Å²) in [7, 11) is 0. The van der Waals surface area contributed by atoms with Gasteiger partial charge in [0.25, 0.3) is 0 Å². The van der Waals surface area contributed by atoms with Crippen molar-refractivity contribution in [2.45, 2.75) is 59.9 Å². The van der Waals surface area contributed by atoms with Crippen LogP contribution in [0.5, 0.6) is 0 Å². The molecule has 2 N–H and O–H groups in total. The lowest BCUT2D eigenvalue weighted by Gasteiger charge is -2.44. The van der Waals surface area contributed by atoms with Gasteiger partial charge in [0, 0.05) is 45.0 Å². The van der Waals surface area contributed by atoms with Crippen LogP contribution in [0, 0.1) is 17.8 Å². The number of hydrogen-bond acceptors (Lipinski definition) is 4. The Morgan fingerprint density at radius 1 is 1.17 bits per heavy atom. The number of rotatable bonds is 1. The van der Waals surface area contributed by atoms with Gasteiger partial charge in [0.15, 0.2) is 5.60 Å². The molecule has 3 heterocycles. The van der Waals surface area contributed by atoms with E-state index in [1.54, 1.807) is 17.3 Å². The molecule has 5 nitrogen and oxygen atoms in total. The van der Waals surface area contributed by atoms with Gasteiger partial charge >= 0.3 is 6.18 Å². The van der Waals surface area contributed by atoms with Gasteiger partial charge in [-0.25, -0.2) is 0 Å². The van der Waals surface area contributed by atoms with Crippen LogP contribution in [0.25, 0.3) is 0 Å². The largest absolute Gasteiger partial charge is 0.418 e. The van der Waals surface area contributed by atoms with E-state index in [0.29, 0.717) is 19.6 Å². The molecule has 8 heteroatoms. The molecule has 0 aliphatic carbocycles. The monoisotopic (exact) mass is 419 g/mol. The van der Waals surface area contributed by atoms with Crippen LogP contribution in [0.15, 0.2) is 30.6 Å². The van der Waals surface area contributed by atoms with E-state index in [9.17, 15) is 23.1 Å². The predicted octanol–water partition coefficient (Wildman–Crippen LogP) is 3.75. The second-order valence-electron chi connectivity index (χ2n) is 7.29. The molecule has 0 spiro atoms. The third-order valence-electron chi connectivity index (χ3n) is 5.34. The fourth-order valence-electron chi connectivity index (χ4n) is 3.95. The lowest BCUT2D eigenvalue weighted by atomic mass is 9.72. The molecule has 3 rings (SSSR count). The molecule has 0 bridgehead atoms. The first-order valence-electron chi connectivity index (χ1n) is 9.68. The second kappa shape index (κ2) is 11.5. The van der Waals surface area contributed by atoms with E-state index in [1.807, 2.05) is 39.0 Å². The van der Waals surface area contributed by atoms with Gasteiger partial charge in [0.1, 0.15) is 0 Å². The molecule has 2 aliphatic rings. The van der Waals surface area contributed by atoms with E-state index >= 15 is 0 Å². The Balaban J connectivity index is 0.000000737. The third kappa shape index (κ3) is 6.67. The van der Waals surface area contributed by atoms with Crippen LogP contribution in [0.3, 0.4) is 0 Å². The maximum absolute atomic E-state index is 13.0. The summed E-state index contributed by atoms with van der Waals surface area (Å²) in [6, 6.07) is 4.70. The van der Waals surface area contributed by atoms with Gasteiger partial charge in [0.05, 0.1) is 0 Å². The van der Waals surface area contributed by atoms with Crippen LogP contribution in [-0.4, -0.2) is 58.4 Å². The van der Waals surface area contributed by atoms with E-state index in [2.05, 4.69) is 10.3 Å². The van der Waals surface area contributed by atoms with Crippen molar-refractivity contribution in [3.8, 4) is 0 Å². The number of nitrogens with one attached hydrogen (secondary N) is 1. The molecule has 1 aromatic heterocycles. The fourth-order valence-corrected chi connectivity index (χ4v) is 3.95. The highest BCUT2D eigenvalue weighted by molar-refractivity contribution is 5.73. The number of pyridine rings is 1. The van der Waals surface area contributed by atoms with Crippen LogP contribution in [-0.2, 0) is 4.79 Å². The molecule has 29 heavy (non-hydrogen) atoms. The summed E-state index contributed by atoms with van der Waals surface area (Å²) in [6.07, 6.45) is -1.17. The number of aromatic nitrogens is 1. The van der Waals surface area contributed by atoms with Gasteiger partial charge in [-0.3, -0.25) is 9.78 Å². The lowest BCUT2D eigenvalue weighted by Crippen LogP contribution is -2.60. The Bertz CT molecular complexity index is 570. The minimum atomic E-state index is -4.67. The second-order valence-corrected chi connectivity index (χ2v) is 7.29. The number of likely N-dealkylation sites (tertiary alicyclic amines) is 1. The zero-order chi connectivity index (χ0) is 21.5. The summed E-state index contributed by atoms with van der Waals surface area (Å²) in [4.78, 5) is 16.9. The third-order valence-corrected chi connectivity index (χ3v) is 5.34. The van der Waals surface area contributed by atoms with E-state index in [0.717, 1.165) is 6.92 Å². The van der Waals surface area contributed by atoms with Gasteiger partial charge in [-0.05, 0) is 36.8 Å². The van der Waals surface area contributed by atoms with E-state index in [-0.39, 0.29) is 31.1 Å². The number of hydrogen-bond donors (Lipinski definition) is 2. The van der Waals surface area contributed by atoms with Crippen molar-refractivity contribution in [2.75, 3.05) is 19.6 Å². The highest BCUT2D eigenvalue weighted by Gasteiger charge is 2.61. The summed E-state index contributed by atoms with van der Waals surface area (Å²) >= 11 is 0. The number of amides is 1. The Kier molecular flexibility index (Phi) is 10.8. The van der Waals surface area contributed by atoms with Crippen LogP contribution >= 0.6 is 0 Å². The molecule has 5 atom stereocenters. The first kappa shape index (κ1) is 27.3. The number of fused-ring (bicyclic) bond motifs is 1. The number of nitrogens with zero attached hydrogens (tertiary/aromatic N) is 2. The van der Waals surface area contributed by atoms with Gasteiger partial charge in [-0.15, -0.1) is 0 Å². The Labute approximate surface area is 172 Å². The Morgan fingerprint density at radius 2 is 1.72 bits per heavy atom. The number of piperidine rings is 1. The van der Waals surface area contributed by atoms with Gasteiger partial charge in [-0.1, -0.05) is 34.3 Å². The van der Waals surface area contributed by atoms with Crippen molar-refractivity contribution < 1.29 is 23.1 Å². The van der Waals surface area contributed by atoms with Crippen LogP contribution < -0.4 is 5.32 Å². The molecular formula is C21H36F3N3O2. The number of halogens is 3.